The van der Waals surface area contributed by atoms with Gasteiger partial charge in [0.05, 0.1) is 28.5 Å². The number of benzene rings is 3. The molecule has 1 aliphatic rings. The van der Waals surface area contributed by atoms with Crippen molar-refractivity contribution in [1.82, 2.24) is 24.5 Å². The van der Waals surface area contributed by atoms with E-state index in [4.69, 9.17) is 4.74 Å². The molecule has 1 N–H and O–H groups in total. The number of aromatic nitrogens is 5. The monoisotopic (exact) mass is 594 g/mol. The van der Waals surface area contributed by atoms with Gasteiger partial charge in [-0.2, -0.15) is 10.2 Å². The van der Waals surface area contributed by atoms with Gasteiger partial charge in [-0.3, -0.25) is 19.1 Å². The van der Waals surface area contributed by atoms with Crippen LogP contribution in [0.5, 0.6) is 5.75 Å². The zero-order valence-corrected chi connectivity index (χ0v) is 22.8. The van der Waals surface area contributed by atoms with Crippen molar-refractivity contribution in [2.75, 3.05) is 4.90 Å². The van der Waals surface area contributed by atoms with Crippen LogP contribution in [-0.2, 0) is 11.3 Å². The highest BCUT2D eigenvalue weighted by Crippen LogP contribution is 2.39. The number of ether oxygens (including phenoxy) is 1. The van der Waals surface area contributed by atoms with Gasteiger partial charge in [0.1, 0.15) is 24.0 Å². The molecular weight excluding hydrogens is 574 g/mol. The van der Waals surface area contributed by atoms with Crippen LogP contribution in [0, 0.1) is 11.6 Å². The average Bonchev–Trinajstić information content (AvgIpc) is 3.72. The number of amides is 2. The van der Waals surface area contributed by atoms with Gasteiger partial charge in [-0.25, -0.2) is 23.3 Å². The van der Waals surface area contributed by atoms with Crippen LogP contribution in [0.25, 0.3) is 27.5 Å². The SMILES string of the molecule is C[C@H](Oc1cc2cc(F)cc(F)c2nc1N1C(=O)c2ccccc2C1=O)c1cc2c(cnn2CC(=O)O)cc1-n1cccn1. The van der Waals surface area contributed by atoms with Crippen LogP contribution >= 0.6 is 0 Å². The Hall–Kier alpha value is -5.98. The van der Waals surface area contributed by atoms with E-state index in [1.54, 1.807) is 54.3 Å². The van der Waals surface area contributed by atoms with E-state index >= 15 is 0 Å². The van der Waals surface area contributed by atoms with Gasteiger partial charge in [-0.15, -0.1) is 0 Å². The third kappa shape index (κ3) is 4.33. The Morgan fingerprint density at radius 1 is 0.977 bits per heavy atom. The molecule has 1 atom stereocenters. The zero-order chi connectivity index (χ0) is 30.7. The maximum atomic E-state index is 14.9. The first kappa shape index (κ1) is 26.9. The quantitative estimate of drug-likeness (QED) is 0.253. The smallest absolute Gasteiger partial charge is 0.325 e. The van der Waals surface area contributed by atoms with Crippen LogP contribution < -0.4 is 9.64 Å². The third-order valence-electron chi connectivity index (χ3n) is 7.36. The van der Waals surface area contributed by atoms with E-state index in [1.165, 1.54) is 29.1 Å². The Morgan fingerprint density at radius 3 is 2.41 bits per heavy atom. The number of pyridine rings is 1. The minimum Gasteiger partial charge on any atom is -0.482 e. The molecule has 0 saturated heterocycles. The summed E-state index contributed by atoms with van der Waals surface area (Å²) in [5.41, 5.74) is 1.67. The highest BCUT2D eigenvalue weighted by Gasteiger charge is 2.39. The van der Waals surface area contributed by atoms with Gasteiger partial charge < -0.3 is 9.84 Å². The minimum atomic E-state index is -1.08. The number of anilines is 1. The van der Waals surface area contributed by atoms with Gasteiger partial charge in [0.15, 0.2) is 17.4 Å². The lowest BCUT2D eigenvalue weighted by Gasteiger charge is -2.23. The number of fused-ring (bicyclic) bond motifs is 3. The second kappa shape index (κ2) is 10.1. The van der Waals surface area contributed by atoms with Crippen LogP contribution in [0.15, 0.2) is 79.3 Å². The zero-order valence-electron chi connectivity index (χ0n) is 22.8. The van der Waals surface area contributed by atoms with E-state index in [2.05, 4.69) is 15.2 Å². The Balaban J connectivity index is 1.39. The van der Waals surface area contributed by atoms with E-state index in [9.17, 15) is 28.3 Å². The molecule has 3 aromatic heterocycles. The van der Waals surface area contributed by atoms with Crippen LogP contribution in [0.3, 0.4) is 0 Å². The summed E-state index contributed by atoms with van der Waals surface area (Å²) in [5, 5.41) is 18.6. The number of imide groups is 1. The predicted molar refractivity (Wildman–Crippen MR) is 153 cm³/mol. The molecule has 6 aromatic rings. The first-order valence-electron chi connectivity index (χ1n) is 13.3. The first-order chi connectivity index (χ1) is 21.2. The summed E-state index contributed by atoms with van der Waals surface area (Å²) in [6.07, 6.45) is 3.99. The summed E-state index contributed by atoms with van der Waals surface area (Å²) in [6, 6.07) is 14.5. The summed E-state index contributed by atoms with van der Waals surface area (Å²) in [6.45, 7) is 1.31. The molecule has 44 heavy (non-hydrogen) atoms. The summed E-state index contributed by atoms with van der Waals surface area (Å²) in [4.78, 5) is 43.4. The number of hydrogen-bond donors (Lipinski definition) is 1. The number of carboxylic acid groups (broad SMARTS) is 1. The van der Waals surface area contributed by atoms with Crippen molar-refractivity contribution in [2.45, 2.75) is 19.6 Å². The molecule has 11 nitrogen and oxygen atoms in total. The number of halogens is 2. The Kier molecular flexibility index (Phi) is 6.16. The normalized spacial score (nSPS) is 13.6. The summed E-state index contributed by atoms with van der Waals surface area (Å²) >= 11 is 0. The molecule has 0 saturated carbocycles. The fourth-order valence-corrected chi connectivity index (χ4v) is 5.38. The molecule has 0 aliphatic carbocycles. The van der Waals surface area contributed by atoms with Crippen molar-refractivity contribution in [1.29, 1.82) is 0 Å². The van der Waals surface area contributed by atoms with Crippen molar-refractivity contribution in [2.24, 2.45) is 0 Å². The molecule has 13 heteroatoms. The van der Waals surface area contributed by atoms with E-state index < -0.39 is 35.5 Å². The van der Waals surface area contributed by atoms with E-state index in [1.807, 2.05) is 0 Å². The molecule has 1 aliphatic heterocycles. The molecule has 7 rings (SSSR count). The number of aliphatic carboxylic acids is 1. The molecule has 2 amide bonds. The average molecular weight is 595 g/mol. The van der Waals surface area contributed by atoms with Gasteiger partial charge in [0.25, 0.3) is 11.8 Å². The number of carboxylic acids is 1. The molecule has 4 heterocycles. The Bertz CT molecular complexity index is 2130. The lowest BCUT2D eigenvalue weighted by Crippen LogP contribution is -2.31. The molecule has 0 bridgehead atoms. The lowest BCUT2D eigenvalue weighted by atomic mass is 10.1. The predicted octanol–water partition coefficient (Wildman–Crippen LogP) is 5.07. The van der Waals surface area contributed by atoms with Gasteiger partial charge in [0.2, 0.25) is 0 Å². The molecular formula is C31H20F2N6O5. The molecule has 0 radical (unpaired) electrons. The van der Waals surface area contributed by atoms with Crippen molar-refractivity contribution in [3.8, 4) is 11.4 Å². The maximum absolute atomic E-state index is 14.9. The molecule has 0 fully saturated rings. The topological polar surface area (TPSA) is 132 Å². The van der Waals surface area contributed by atoms with Crippen LogP contribution in [0.2, 0.25) is 0 Å². The van der Waals surface area contributed by atoms with Gasteiger partial charge >= 0.3 is 5.97 Å². The van der Waals surface area contributed by atoms with Crippen molar-refractivity contribution >= 4 is 45.4 Å². The second-order valence-corrected chi connectivity index (χ2v) is 10.1. The highest BCUT2D eigenvalue weighted by molar-refractivity contribution is 6.34. The van der Waals surface area contributed by atoms with Crippen LogP contribution in [0.1, 0.15) is 39.3 Å². The maximum Gasteiger partial charge on any atom is 0.325 e. The highest BCUT2D eigenvalue weighted by atomic mass is 19.1. The molecule has 218 valence electrons. The number of rotatable bonds is 7. The fraction of sp³-hybridized carbons (Fsp3) is 0.0968. The third-order valence-corrected chi connectivity index (χ3v) is 7.36. The van der Waals surface area contributed by atoms with E-state index in [-0.39, 0.29) is 40.1 Å². The molecule has 0 unspecified atom stereocenters. The summed E-state index contributed by atoms with van der Waals surface area (Å²) in [7, 11) is 0. The lowest BCUT2D eigenvalue weighted by molar-refractivity contribution is -0.137. The fourth-order valence-electron chi connectivity index (χ4n) is 5.38. The van der Waals surface area contributed by atoms with Gasteiger partial charge in [-0.1, -0.05) is 12.1 Å². The van der Waals surface area contributed by atoms with Gasteiger partial charge in [-0.05, 0) is 49.4 Å². The van der Waals surface area contributed by atoms with Crippen molar-refractivity contribution in [3.05, 3.63) is 108 Å². The van der Waals surface area contributed by atoms with Crippen molar-refractivity contribution < 1.29 is 33.0 Å². The minimum absolute atomic E-state index is 0.0485. The Morgan fingerprint density at radius 2 is 1.73 bits per heavy atom. The van der Waals surface area contributed by atoms with Gasteiger partial charge in [0, 0.05) is 34.8 Å². The molecule has 0 spiro atoms. The van der Waals surface area contributed by atoms with Crippen LogP contribution in [-0.4, -0.2) is 47.4 Å². The number of carbonyl (C=O) groups excluding carboxylic acids is 2. The summed E-state index contributed by atoms with van der Waals surface area (Å²) in [5.74, 6) is -4.60. The standard InChI is InChI=1S/C31H20F2N6O5/c1-16(22-13-24-18(14-35-38(24)15-27(40)41)10-25(22)37-8-4-7-34-37)44-26-11-17-9-19(32)12-23(33)28(17)36-29(26)39-30(42)20-5-2-3-6-21(20)31(39)43/h2-14,16H,15H2,1H3,(H,40,41)/t16-/m0/s1. The first-order valence-corrected chi connectivity index (χ1v) is 13.3. The van der Waals surface area contributed by atoms with E-state index in [0.717, 1.165) is 11.0 Å². The van der Waals surface area contributed by atoms with Crippen molar-refractivity contribution in [3.63, 3.8) is 0 Å². The Labute approximate surface area is 246 Å². The number of nitrogens with zero attached hydrogens (tertiary/aromatic N) is 6. The molecule has 3 aromatic carbocycles. The second-order valence-electron chi connectivity index (χ2n) is 10.1. The largest absolute Gasteiger partial charge is 0.482 e. The summed E-state index contributed by atoms with van der Waals surface area (Å²) < 4.78 is 38.4. The number of hydrogen-bond acceptors (Lipinski definition) is 7. The van der Waals surface area contributed by atoms with Crippen LogP contribution in [0.4, 0.5) is 14.6 Å². The number of carbonyl (C=O) groups is 3. The van der Waals surface area contributed by atoms with E-state index in [0.29, 0.717) is 28.2 Å².